The second-order valence-corrected chi connectivity index (χ2v) is 9.44. The first kappa shape index (κ1) is 21.9. The minimum absolute atomic E-state index is 0.0314. The summed E-state index contributed by atoms with van der Waals surface area (Å²) < 4.78 is 7.49. The fourth-order valence-electron chi connectivity index (χ4n) is 4.07. The van der Waals surface area contributed by atoms with Crippen molar-refractivity contribution >= 4 is 51.5 Å². The maximum atomic E-state index is 12.8. The molecular weight excluding hydrogens is 460 g/mol. The lowest BCUT2D eigenvalue weighted by atomic mass is 10.1. The summed E-state index contributed by atoms with van der Waals surface area (Å²) in [4.78, 5) is 19.2. The van der Waals surface area contributed by atoms with Gasteiger partial charge in [-0.05, 0) is 67.9 Å². The highest BCUT2D eigenvalue weighted by atomic mass is 35.5. The summed E-state index contributed by atoms with van der Waals surface area (Å²) >= 11 is 7.66. The van der Waals surface area contributed by atoms with Crippen molar-refractivity contribution in [1.82, 2.24) is 14.5 Å². The van der Waals surface area contributed by atoms with Crippen molar-refractivity contribution in [1.29, 1.82) is 5.41 Å². The molecule has 1 saturated heterocycles. The van der Waals surface area contributed by atoms with Crippen LogP contribution >= 0.6 is 23.4 Å². The number of carbonyl (C=O) groups excluding carboxylic acids is 1. The molecule has 0 saturated carbocycles. The lowest BCUT2D eigenvalue weighted by Gasteiger charge is -2.26. The zero-order valence-corrected chi connectivity index (χ0v) is 20.1. The Morgan fingerprint density at radius 1 is 1.15 bits per heavy atom. The van der Waals surface area contributed by atoms with Crippen LogP contribution in [0.25, 0.3) is 11.8 Å². The molecule has 170 valence electrons. The second kappa shape index (κ2) is 8.48. The zero-order chi connectivity index (χ0) is 23.3. The van der Waals surface area contributed by atoms with Gasteiger partial charge >= 0.3 is 0 Å². The third-order valence-electron chi connectivity index (χ3n) is 5.91. The van der Waals surface area contributed by atoms with Crippen LogP contribution in [0.4, 0.5) is 0 Å². The fraction of sp³-hybridized carbons (Fsp3) is 0.304. The summed E-state index contributed by atoms with van der Waals surface area (Å²) in [6.07, 6.45) is 1.73. The molecule has 1 fully saturated rings. The third-order valence-corrected chi connectivity index (χ3v) is 7.29. The predicted octanol–water partition coefficient (Wildman–Crippen LogP) is 3.96. The normalized spacial score (nSPS) is 19.8. The number of morpholine rings is 1. The number of aryl methyl sites for hydroxylation is 2. The highest BCUT2D eigenvalue weighted by Crippen LogP contribution is 2.31. The van der Waals surface area contributed by atoms with Gasteiger partial charge in [-0.2, -0.15) is 10.0 Å². The fourth-order valence-corrected chi connectivity index (χ4v) is 5.19. The topological polar surface area (TPSA) is 86.3 Å². The number of rotatable bonds is 2. The number of carbonyl (C=O) groups is 1. The standard InChI is InChI=1S/C23H23ClN6O2S/c1-13-4-5-17(12-19(13)24)29-14(2)10-16(15(29)3)11-18-20(25)30-22(26-21(18)31)33-23(27-30)28-6-8-32-9-7-28/h4-5,10-12,25H,6-9H2,1-3H3/b18-11+,25-20?. The molecule has 10 heteroatoms. The number of nitrogens with zero attached hydrogens (tertiary/aromatic N) is 5. The van der Waals surface area contributed by atoms with Gasteiger partial charge in [0.2, 0.25) is 5.17 Å². The second-order valence-electron chi connectivity index (χ2n) is 8.10. The van der Waals surface area contributed by atoms with Crippen molar-refractivity contribution in [3.05, 3.63) is 57.4 Å². The van der Waals surface area contributed by atoms with Gasteiger partial charge in [-0.15, -0.1) is 5.10 Å². The molecule has 0 bridgehead atoms. The van der Waals surface area contributed by atoms with E-state index in [-0.39, 0.29) is 11.4 Å². The Labute approximate surface area is 201 Å². The number of amides is 1. The Morgan fingerprint density at radius 2 is 1.91 bits per heavy atom. The number of amidine groups is 3. The number of nitrogens with one attached hydrogen (secondary N) is 1. The minimum Gasteiger partial charge on any atom is -0.378 e. The molecule has 0 atom stereocenters. The van der Waals surface area contributed by atoms with E-state index in [1.54, 1.807) is 6.08 Å². The van der Waals surface area contributed by atoms with Crippen molar-refractivity contribution in [2.45, 2.75) is 20.8 Å². The molecule has 4 heterocycles. The number of hydrogen-bond acceptors (Lipinski definition) is 6. The summed E-state index contributed by atoms with van der Waals surface area (Å²) in [6, 6.07) is 7.94. The van der Waals surface area contributed by atoms with Gasteiger partial charge in [-0.1, -0.05) is 17.7 Å². The van der Waals surface area contributed by atoms with Crippen molar-refractivity contribution in [3.8, 4) is 5.69 Å². The molecule has 1 aromatic heterocycles. The van der Waals surface area contributed by atoms with Crippen molar-refractivity contribution in [2.75, 3.05) is 26.3 Å². The number of thioether (sulfide) groups is 1. The SMILES string of the molecule is Cc1ccc(-n2c(C)cc(/C=C3\C(=N)N4N=C(N5CCOCC5)SC4=NC3=O)c2C)cc1Cl. The van der Waals surface area contributed by atoms with Crippen LogP contribution in [0, 0.1) is 26.2 Å². The molecule has 33 heavy (non-hydrogen) atoms. The van der Waals surface area contributed by atoms with E-state index in [9.17, 15) is 4.79 Å². The van der Waals surface area contributed by atoms with E-state index < -0.39 is 5.91 Å². The molecule has 0 radical (unpaired) electrons. The van der Waals surface area contributed by atoms with E-state index in [1.807, 2.05) is 45.0 Å². The first-order valence-electron chi connectivity index (χ1n) is 10.6. The van der Waals surface area contributed by atoms with Crippen LogP contribution in [0.15, 0.2) is 39.9 Å². The summed E-state index contributed by atoms with van der Waals surface area (Å²) in [5.41, 5.74) is 4.98. The Kier molecular flexibility index (Phi) is 5.64. The first-order valence-corrected chi connectivity index (χ1v) is 11.8. The van der Waals surface area contributed by atoms with E-state index >= 15 is 0 Å². The van der Waals surface area contributed by atoms with Crippen LogP contribution in [0.2, 0.25) is 5.02 Å². The van der Waals surface area contributed by atoms with E-state index in [4.69, 9.17) is 21.7 Å². The number of aromatic nitrogens is 1. The average Bonchev–Trinajstić information content (AvgIpc) is 3.34. The molecule has 0 spiro atoms. The smallest absolute Gasteiger partial charge is 0.283 e. The quantitative estimate of drug-likeness (QED) is 0.654. The van der Waals surface area contributed by atoms with Crippen LogP contribution in [0.3, 0.4) is 0 Å². The predicted molar refractivity (Wildman–Crippen MR) is 132 cm³/mol. The number of ether oxygens (including phenoxy) is 1. The first-order chi connectivity index (χ1) is 15.8. The highest BCUT2D eigenvalue weighted by molar-refractivity contribution is 8.26. The maximum absolute atomic E-state index is 12.8. The van der Waals surface area contributed by atoms with Gasteiger partial charge in [-0.25, -0.2) is 0 Å². The average molecular weight is 483 g/mol. The van der Waals surface area contributed by atoms with Crippen LogP contribution < -0.4 is 0 Å². The lowest BCUT2D eigenvalue weighted by Crippen LogP contribution is -2.39. The number of hydrogen-bond donors (Lipinski definition) is 1. The van der Waals surface area contributed by atoms with E-state index in [1.165, 1.54) is 16.8 Å². The number of hydrazone groups is 1. The molecular formula is C23H23ClN6O2S. The number of benzene rings is 1. The van der Waals surface area contributed by atoms with Gasteiger partial charge in [0.05, 0.1) is 18.8 Å². The van der Waals surface area contributed by atoms with Crippen molar-refractivity contribution in [2.24, 2.45) is 10.1 Å². The zero-order valence-electron chi connectivity index (χ0n) is 18.6. The Bertz CT molecular complexity index is 1270. The number of halogens is 1. The summed E-state index contributed by atoms with van der Waals surface area (Å²) in [5, 5.41) is 16.5. The van der Waals surface area contributed by atoms with Gasteiger partial charge < -0.3 is 14.2 Å². The molecule has 1 aromatic carbocycles. The summed E-state index contributed by atoms with van der Waals surface area (Å²) in [7, 11) is 0. The molecule has 1 amide bonds. The molecule has 0 aliphatic carbocycles. The van der Waals surface area contributed by atoms with Gasteiger partial charge in [0.15, 0.2) is 11.0 Å². The van der Waals surface area contributed by atoms with Gasteiger partial charge in [0.1, 0.15) is 0 Å². The third kappa shape index (κ3) is 3.90. The van der Waals surface area contributed by atoms with Crippen LogP contribution in [-0.4, -0.2) is 62.9 Å². The van der Waals surface area contributed by atoms with Crippen LogP contribution in [-0.2, 0) is 9.53 Å². The van der Waals surface area contributed by atoms with Gasteiger partial charge in [-0.3, -0.25) is 10.2 Å². The number of fused-ring (bicyclic) bond motifs is 1. The van der Waals surface area contributed by atoms with Crippen molar-refractivity contribution < 1.29 is 9.53 Å². The molecule has 3 aliphatic rings. The minimum atomic E-state index is -0.430. The highest BCUT2D eigenvalue weighted by Gasteiger charge is 2.37. The van der Waals surface area contributed by atoms with E-state index in [0.29, 0.717) is 23.4 Å². The van der Waals surface area contributed by atoms with E-state index in [0.717, 1.165) is 46.5 Å². The Morgan fingerprint density at radius 3 is 2.64 bits per heavy atom. The van der Waals surface area contributed by atoms with Gasteiger partial charge in [0.25, 0.3) is 5.91 Å². The summed E-state index contributed by atoms with van der Waals surface area (Å²) in [6.45, 7) is 8.68. The monoisotopic (exact) mass is 482 g/mol. The molecule has 1 N–H and O–H groups in total. The molecule has 5 rings (SSSR count). The maximum Gasteiger partial charge on any atom is 0.283 e. The number of aliphatic imine (C=N–C) groups is 1. The van der Waals surface area contributed by atoms with Crippen molar-refractivity contribution in [3.63, 3.8) is 0 Å². The van der Waals surface area contributed by atoms with Crippen LogP contribution in [0.1, 0.15) is 22.5 Å². The Balaban J connectivity index is 1.48. The molecule has 0 unspecified atom stereocenters. The molecule has 8 nitrogen and oxygen atoms in total. The van der Waals surface area contributed by atoms with E-state index in [2.05, 4.69) is 19.6 Å². The molecule has 2 aromatic rings. The van der Waals surface area contributed by atoms with Crippen LogP contribution in [0.5, 0.6) is 0 Å². The van der Waals surface area contributed by atoms with Gasteiger partial charge in [0, 0.05) is 35.2 Å². The summed E-state index contributed by atoms with van der Waals surface area (Å²) in [5.74, 6) is -0.399. The Hall–Kier alpha value is -2.88. The lowest BCUT2D eigenvalue weighted by molar-refractivity contribution is -0.114. The largest absolute Gasteiger partial charge is 0.378 e. The molecule has 3 aliphatic heterocycles.